The van der Waals surface area contributed by atoms with E-state index in [4.69, 9.17) is 4.74 Å². The van der Waals surface area contributed by atoms with Gasteiger partial charge in [0.25, 0.3) is 0 Å². The van der Waals surface area contributed by atoms with Gasteiger partial charge in [-0.25, -0.2) is 4.79 Å². The van der Waals surface area contributed by atoms with Gasteiger partial charge in [0.15, 0.2) is 5.41 Å². The van der Waals surface area contributed by atoms with Crippen molar-refractivity contribution < 1.29 is 9.53 Å². The van der Waals surface area contributed by atoms with Gasteiger partial charge in [0, 0.05) is 0 Å². The van der Waals surface area contributed by atoms with E-state index in [2.05, 4.69) is 39.0 Å². The van der Waals surface area contributed by atoms with Crippen LogP contribution in [0.3, 0.4) is 0 Å². The van der Waals surface area contributed by atoms with Crippen LogP contribution in [-0.4, -0.2) is 5.97 Å². The fraction of sp³-hybridized carbons (Fsp3) is 0.784. The molecule has 222 valence electrons. The van der Waals surface area contributed by atoms with Crippen molar-refractivity contribution in [2.75, 3.05) is 0 Å². The van der Waals surface area contributed by atoms with Crippen LogP contribution in [-0.2, 0) is 4.79 Å². The lowest BCUT2D eigenvalue weighted by atomic mass is 9.70. The summed E-state index contributed by atoms with van der Waals surface area (Å²) in [5.41, 5.74) is 2.00. The van der Waals surface area contributed by atoms with E-state index in [-0.39, 0.29) is 5.97 Å². The minimum Gasteiger partial charge on any atom is -0.425 e. The molecule has 1 aromatic rings. The van der Waals surface area contributed by atoms with E-state index in [0.717, 1.165) is 24.7 Å². The summed E-state index contributed by atoms with van der Waals surface area (Å²) in [4.78, 5) is 13.5. The number of carbonyl (C=O) groups is 1. The number of nitrogens with zero attached hydrogens (tertiary/aromatic N) is 1. The van der Waals surface area contributed by atoms with Crippen LogP contribution < -0.4 is 4.74 Å². The molecule has 0 aliphatic heterocycles. The Balaban J connectivity index is 1.47. The molecule has 0 radical (unpaired) electrons. The average molecular weight is 548 g/mol. The molecule has 3 fully saturated rings. The van der Waals surface area contributed by atoms with Crippen LogP contribution in [0, 0.1) is 34.5 Å². The first kappa shape index (κ1) is 31.1. The van der Waals surface area contributed by atoms with Gasteiger partial charge < -0.3 is 4.74 Å². The van der Waals surface area contributed by atoms with Gasteiger partial charge in [0.2, 0.25) is 0 Å². The van der Waals surface area contributed by atoms with Crippen LogP contribution in [0.4, 0.5) is 0 Å². The van der Waals surface area contributed by atoms with Crippen molar-refractivity contribution in [2.24, 2.45) is 23.2 Å². The zero-order valence-corrected chi connectivity index (χ0v) is 26.0. The molecule has 1 aromatic carbocycles. The second kappa shape index (κ2) is 15.4. The Morgan fingerprint density at radius 2 is 1.30 bits per heavy atom. The van der Waals surface area contributed by atoms with E-state index >= 15 is 0 Å². The quantitative estimate of drug-likeness (QED) is 0.148. The number of hydrogen-bond donors (Lipinski definition) is 0. The Bertz CT molecular complexity index is 953. The summed E-state index contributed by atoms with van der Waals surface area (Å²) in [5.74, 6) is 3.99. The lowest BCUT2D eigenvalue weighted by Crippen LogP contribution is -2.37. The molecule has 0 spiro atoms. The van der Waals surface area contributed by atoms with Crippen molar-refractivity contribution in [3.05, 3.63) is 29.3 Å². The third kappa shape index (κ3) is 7.92. The number of esters is 1. The minimum absolute atomic E-state index is 0.313. The average Bonchev–Trinajstić information content (AvgIpc) is 2.99. The van der Waals surface area contributed by atoms with Crippen LogP contribution in [0.5, 0.6) is 5.75 Å². The number of carbonyl (C=O) groups excluding carboxylic acids is 1. The molecule has 3 aliphatic carbocycles. The van der Waals surface area contributed by atoms with E-state index in [1.807, 2.05) is 6.07 Å². The highest BCUT2D eigenvalue weighted by atomic mass is 16.5. The van der Waals surface area contributed by atoms with Crippen molar-refractivity contribution in [3.63, 3.8) is 0 Å². The van der Waals surface area contributed by atoms with Crippen LogP contribution in [0.1, 0.15) is 172 Å². The summed E-state index contributed by atoms with van der Waals surface area (Å²) in [7, 11) is 0. The van der Waals surface area contributed by atoms with Gasteiger partial charge in [-0.3, -0.25) is 0 Å². The molecule has 0 amide bonds. The number of hydrogen-bond acceptors (Lipinski definition) is 3. The number of ether oxygens (including phenoxy) is 1. The number of benzene rings is 1. The molecule has 0 bridgehead atoms. The van der Waals surface area contributed by atoms with E-state index in [1.54, 1.807) is 0 Å². The zero-order valence-electron chi connectivity index (χ0n) is 26.0. The molecule has 40 heavy (non-hydrogen) atoms. The monoisotopic (exact) mass is 547 g/mol. The summed E-state index contributed by atoms with van der Waals surface area (Å²) >= 11 is 0. The number of nitriles is 1. The van der Waals surface area contributed by atoms with Crippen molar-refractivity contribution in [1.82, 2.24) is 0 Å². The van der Waals surface area contributed by atoms with Crippen molar-refractivity contribution in [1.29, 1.82) is 5.26 Å². The smallest absolute Gasteiger partial charge is 0.331 e. The molecule has 3 saturated carbocycles. The van der Waals surface area contributed by atoms with Gasteiger partial charge in [0.05, 0.1) is 6.07 Å². The molecule has 3 heteroatoms. The molecule has 0 heterocycles. The Morgan fingerprint density at radius 1 is 0.750 bits per heavy atom. The summed E-state index contributed by atoms with van der Waals surface area (Å²) in [6.45, 7) is 6.86. The fourth-order valence-corrected chi connectivity index (χ4v) is 8.39. The molecule has 4 rings (SSSR count). The molecule has 0 N–H and O–H groups in total. The molecule has 3 aliphatic rings. The second-order valence-electron chi connectivity index (χ2n) is 13.8. The highest BCUT2D eigenvalue weighted by Gasteiger charge is 2.44. The maximum atomic E-state index is 13.5. The minimum atomic E-state index is -0.976. The van der Waals surface area contributed by atoms with Crippen molar-refractivity contribution in [2.45, 2.75) is 161 Å². The van der Waals surface area contributed by atoms with Gasteiger partial charge in [-0.2, -0.15) is 5.26 Å². The largest absolute Gasteiger partial charge is 0.425 e. The SMILES string of the molecule is CCCCCC1CCC(C#N)(C(=O)Oc2ccc(C3CCC(CCC)CC3)c(C3CCC(CCC)CC3)c2)CC1. The van der Waals surface area contributed by atoms with Crippen LogP contribution >= 0.6 is 0 Å². The molecule has 0 atom stereocenters. The normalized spacial score (nSPS) is 30.9. The summed E-state index contributed by atoms with van der Waals surface area (Å²) in [6.07, 6.45) is 24.0. The molecule has 0 unspecified atom stereocenters. The van der Waals surface area contributed by atoms with Gasteiger partial charge in [-0.15, -0.1) is 0 Å². The Morgan fingerprint density at radius 3 is 1.82 bits per heavy atom. The van der Waals surface area contributed by atoms with E-state index in [1.165, 1.54) is 114 Å². The van der Waals surface area contributed by atoms with Gasteiger partial charge in [-0.1, -0.05) is 78.2 Å². The third-order valence-corrected chi connectivity index (χ3v) is 11.0. The fourth-order valence-electron chi connectivity index (χ4n) is 8.39. The Labute approximate surface area is 245 Å². The number of rotatable bonds is 12. The summed E-state index contributed by atoms with van der Waals surface area (Å²) < 4.78 is 6.10. The topological polar surface area (TPSA) is 50.1 Å². The van der Waals surface area contributed by atoms with Crippen molar-refractivity contribution >= 4 is 5.97 Å². The maximum absolute atomic E-state index is 13.5. The van der Waals surface area contributed by atoms with Crippen LogP contribution in [0.15, 0.2) is 18.2 Å². The Kier molecular flexibility index (Phi) is 12.0. The predicted octanol–water partition coefficient (Wildman–Crippen LogP) is 11.0. The molecular weight excluding hydrogens is 490 g/mol. The van der Waals surface area contributed by atoms with Crippen LogP contribution in [0.25, 0.3) is 0 Å². The van der Waals surface area contributed by atoms with Gasteiger partial charge in [0.1, 0.15) is 5.75 Å². The van der Waals surface area contributed by atoms with Gasteiger partial charge >= 0.3 is 5.97 Å². The summed E-state index contributed by atoms with van der Waals surface area (Å²) in [6, 6.07) is 8.98. The highest BCUT2D eigenvalue weighted by molar-refractivity contribution is 5.82. The van der Waals surface area contributed by atoms with E-state index in [9.17, 15) is 10.1 Å². The standard InChI is InChI=1S/C37H57NO2/c1-4-7-8-11-30-22-24-37(27-38,25-23-30)36(39)40-33-20-21-34(31-16-12-28(9-5-2)13-17-31)35(26-33)32-18-14-29(10-6-3)15-19-32/h20-21,26,28-32H,4-19,22-25H2,1-3H3. The van der Waals surface area contributed by atoms with E-state index in [0.29, 0.717) is 36.3 Å². The maximum Gasteiger partial charge on any atom is 0.331 e. The summed E-state index contributed by atoms with van der Waals surface area (Å²) in [5, 5.41) is 10.1. The molecular formula is C37H57NO2. The van der Waals surface area contributed by atoms with E-state index < -0.39 is 5.41 Å². The van der Waals surface area contributed by atoms with Crippen LogP contribution in [0.2, 0.25) is 0 Å². The first-order chi connectivity index (χ1) is 19.5. The first-order valence-electron chi connectivity index (χ1n) is 17.3. The highest BCUT2D eigenvalue weighted by Crippen LogP contribution is 2.46. The number of unbranched alkanes of at least 4 members (excludes halogenated alkanes) is 2. The Hall–Kier alpha value is -1.82. The zero-order chi connectivity index (χ0) is 28.4. The lowest BCUT2D eigenvalue weighted by molar-refractivity contribution is -0.144. The lowest BCUT2D eigenvalue weighted by Gasteiger charge is -2.35. The molecule has 0 aromatic heterocycles. The second-order valence-corrected chi connectivity index (χ2v) is 13.8. The molecule has 3 nitrogen and oxygen atoms in total. The predicted molar refractivity (Wildman–Crippen MR) is 165 cm³/mol. The first-order valence-corrected chi connectivity index (χ1v) is 17.3. The third-order valence-electron chi connectivity index (χ3n) is 11.0. The molecule has 0 saturated heterocycles. The van der Waals surface area contributed by atoms with Crippen molar-refractivity contribution in [3.8, 4) is 11.8 Å². The van der Waals surface area contributed by atoms with Gasteiger partial charge in [-0.05, 0) is 130 Å².